The predicted octanol–water partition coefficient (Wildman–Crippen LogP) is 2.49. The normalized spacial score (nSPS) is 18.4. The fourth-order valence-electron chi connectivity index (χ4n) is 4.72. The Hall–Kier alpha value is -4.40. The Labute approximate surface area is 242 Å². The van der Waals surface area contributed by atoms with Crippen LogP contribution in [0, 0.1) is 35.3 Å². The van der Waals surface area contributed by atoms with Gasteiger partial charge in [-0.2, -0.15) is 0 Å². The van der Waals surface area contributed by atoms with Crippen LogP contribution in [0.1, 0.15) is 51.0 Å². The van der Waals surface area contributed by atoms with Crippen LogP contribution in [0.15, 0.2) is 35.3 Å². The van der Waals surface area contributed by atoms with Crippen molar-refractivity contribution < 1.29 is 42.2 Å². The van der Waals surface area contributed by atoms with Gasteiger partial charge in [0.15, 0.2) is 6.04 Å². The van der Waals surface area contributed by atoms with Gasteiger partial charge in [-0.05, 0) is 49.8 Å². The van der Waals surface area contributed by atoms with Gasteiger partial charge in [-0.1, -0.05) is 30.8 Å². The predicted molar refractivity (Wildman–Crippen MR) is 147 cm³/mol. The third kappa shape index (κ3) is 9.61. The number of likely N-dealkylation sites (tertiary alicyclic amines) is 1. The number of carbonyl (C=O) groups excluding carboxylic acids is 5. The molecule has 3 rings (SSSR count). The van der Waals surface area contributed by atoms with Crippen LogP contribution >= 0.6 is 0 Å². The van der Waals surface area contributed by atoms with E-state index in [0.29, 0.717) is 25.5 Å². The maximum Gasteiger partial charge on any atom is 0.328 e. The van der Waals surface area contributed by atoms with Crippen LogP contribution in [0.2, 0.25) is 0 Å². The third-order valence-corrected chi connectivity index (χ3v) is 6.90. The topological polar surface area (TPSA) is 131 Å². The van der Waals surface area contributed by atoms with Crippen molar-refractivity contribution in [2.24, 2.45) is 16.8 Å². The van der Waals surface area contributed by atoms with Crippen molar-refractivity contribution in [1.29, 1.82) is 0 Å². The summed E-state index contributed by atoms with van der Waals surface area (Å²) in [6.07, 6.45) is 9.04. The minimum atomic E-state index is -1.53. The number of esters is 2. The van der Waals surface area contributed by atoms with Gasteiger partial charge in [-0.3, -0.25) is 19.2 Å². The van der Waals surface area contributed by atoms with Gasteiger partial charge >= 0.3 is 11.9 Å². The number of amides is 3. The van der Waals surface area contributed by atoms with Gasteiger partial charge in [-0.15, -0.1) is 0 Å². The number of methoxy groups -OCH3 is 1. The molecule has 1 N–H and O–H groups in total. The van der Waals surface area contributed by atoms with Crippen molar-refractivity contribution in [3.05, 3.63) is 47.5 Å². The molecule has 0 radical (unpaired) electrons. The molecule has 1 aromatic rings. The lowest BCUT2D eigenvalue weighted by molar-refractivity contribution is -0.156. The molecular weight excluding hydrogens is 552 g/mol. The highest BCUT2D eigenvalue weighted by atomic mass is 19.1. The Morgan fingerprint density at radius 1 is 1.10 bits per heavy atom. The summed E-state index contributed by atoms with van der Waals surface area (Å²) in [5, 5.41) is 2.42. The van der Waals surface area contributed by atoms with E-state index < -0.39 is 60.0 Å². The van der Waals surface area contributed by atoms with Gasteiger partial charge in [0.25, 0.3) is 5.91 Å². The molecule has 3 unspecified atom stereocenters. The number of nitrogens with one attached hydrogen (secondary N) is 1. The molecule has 1 heterocycles. The summed E-state index contributed by atoms with van der Waals surface area (Å²) >= 11 is 0. The molecule has 2 fully saturated rings. The minimum Gasteiger partial charge on any atom is -0.468 e. The molecule has 0 aromatic heterocycles. The zero-order valence-electron chi connectivity index (χ0n) is 23.4. The lowest BCUT2D eigenvalue weighted by Gasteiger charge is -2.22. The Kier molecular flexibility index (Phi) is 11.9. The lowest BCUT2D eigenvalue weighted by Crippen LogP contribution is -2.41. The first kappa shape index (κ1) is 32.1. The molecule has 0 spiro atoms. The standard InChI is InChI=1S/C30H33F2N3O7/c1-19(36)35-13-5-8-26(35)30(40)42-18-22(29(39)41-2)17-33-28(38)25(11-9-21-14-23(31)16-24(32)15-21)34-27(37)12-10-20-6-3-4-7-20/h10,12,14-17,20,22,25-26H,3-8,13,18H2,1-2H3,(H,34,37)/b12-10+,33-17?. The smallest absolute Gasteiger partial charge is 0.328 e. The number of halogens is 2. The van der Waals surface area contributed by atoms with E-state index in [1.54, 1.807) is 6.08 Å². The second-order valence-electron chi connectivity index (χ2n) is 10.0. The minimum absolute atomic E-state index is 0.0732. The van der Waals surface area contributed by atoms with E-state index in [1.807, 2.05) is 0 Å². The number of carbonyl (C=O) groups is 5. The fraction of sp³-hybridized carbons (Fsp3) is 0.467. The van der Waals surface area contributed by atoms with E-state index in [9.17, 15) is 32.8 Å². The van der Waals surface area contributed by atoms with E-state index >= 15 is 0 Å². The van der Waals surface area contributed by atoms with Crippen molar-refractivity contribution in [2.75, 3.05) is 20.3 Å². The summed E-state index contributed by atoms with van der Waals surface area (Å²) in [4.78, 5) is 67.3. The number of ether oxygens (including phenoxy) is 2. The number of aliphatic imine (C=N–C) groups is 1. The first-order chi connectivity index (χ1) is 20.1. The summed E-state index contributed by atoms with van der Waals surface area (Å²) < 4.78 is 37.2. The molecule has 3 atom stereocenters. The van der Waals surface area contributed by atoms with Gasteiger partial charge in [0.1, 0.15) is 30.2 Å². The lowest BCUT2D eigenvalue weighted by atomic mass is 10.1. The molecule has 42 heavy (non-hydrogen) atoms. The first-order valence-electron chi connectivity index (χ1n) is 13.6. The number of hydrogen-bond donors (Lipinski definition) is 1. The van der Waals surface area contributed by atoms with Crippen molar-refractivity contribution in [2.45, 2.75) is 57.5 Å². The fourth-order valence-corrected chi connectivity index (χ4v) is 4.72. The summed E-state index contributed by atoms with van der Waals surface area (Å²) in [7, 11) is 1.10. The number of nitrogens with zero attached hydrogens (tertiary/aromatic N) is 2. The Morgan fingerprint density at radius 3 is 2.43 bits per heavy atom. The van der Waals surface area contributed by atoms with E-state index in [1.165, 1.54) is 17.9 Å². The summed E-state index contributed by atoms with van der Waals surface area (Å²) in [5.41, 5.74) is -0.0732. The highest BCUT2D eigenvalue weighted by molar-refractivity contribution is 6.00. The average molecular weight is 586 g/mol. The van der Waals surface area contributed by atoms with Crippen molar-refractivity contribution in [3.8, 4) is 11.8 Å². The number of allylic oxidation sites excluding steroid dienone is 1. The second kappa shape index (κ2) is 15.6. The number of benzene rings is 1. The monoisotopic (exact) mass is 585 g/mol. The van der Waals surface area contributed by atoms with Crippen molar-refractivity contribution in [3.63, 3.8) is 0 Å². The largest absolute Gasteiger partial charge is 0.468 e. The SMILES string of the molecule is COC(=O)C(C=NC(=O)C(C#Cc1cc(F)cc(F)c1)NC(=O)/C=C/C1CCCC1)COC(=O)C1CCCN1C(C)=O. The molecule has 12 heteroatoms. The summed E-state index contributed by atoms with van der Waals surface area (Å²) in [5.74, 6) is -1.29. The van der Waals surface area contributed by atoms with Crippen LogP contribution in [0.5, 0.6) is 0 Å². The maximum atomic E-state index is 13.6. The van der Waals surface area contributed by atoms with Crippen LogP contribution in [0.25, 0.3) is 0 Å². The summed E-state index contributed by atoms with van der Waals surface area (Å²) in [6.45, 7) is 1.24. The Bertz CT molecular complexity index is 1290. The molecule has 2 aliphatic rings. The molecule has 1 aromatic carbocycles. The molecule has 3 amide bonds. The van der Waals surface area contributed by atoms with Gasteiger partial charge in [0, 0.05) is 31.3 Å². The van der Waals surface area contributed by atoms with E-state index in [2.05, 4.69) is 22.2 Å². The Balaban J connectivity index is 1.75. The molecule has 0 bridgehead atoms. The maximum absolute atomic E-state index is 13.6. The summed E-state index contributed by atoms with van der Waals surface area (Å²) in [6, 6.07) is 0.276. The van der Waals surface area contributed by atoms with E-state index in [0.717, 1.165) is 51.1 Å². The molecule has 10 nitrogen and oxygen atoms in total. The quantitative estimate of drug-likeness (QED) is 0.204. The van der Waals surface area contributed by atoms with Gasteiger partial charge in [-0.25, -0.2) is 18.6 Å². The van der Waals surface area contributed by atoms with Crippen LogP contribution in [-0.2, 0) is 33.4 Å². The van der Waals surface area contributed by atoms with E-state index in [4.69, 9.17) is 9.47 Å². The Morgan fingerprint density at radius 2 is 1.79 bits per heavy atom. The van der Waals surface area contributed by atoms with Crippen LogP contribution in [0.3, 0.4) is 0 Å². The zero-order valence-corrected chi connectivity index (χ0v) is 23.4. The zero-order chi connectivity index (χ0) is 30.6. The van der Waals surface area contributed by atoms with Crippen LogP contribution < -0.4 is 5.32 Å². The third-order valence-electron chi connectivity index (χ3n) is 6.90. The van der Waals surface area contributed by atoms with Crippen molar-refractivity contribution >= 4 is 35.9 Å². The number of rotatable bonds is 9. The molecule has 1 aliphatic carbocycles. The van der Waals surface area contributed by atoms with Crippen LogP contribution in [-0.4, -0.2) is 73.1 Å². The molecule has 1 aliphatic heterocycles. The van der Waals surface area contributed by atoms with Gasteiger partial charge in [0.2, 0.25) is 11.8 Å². The molecular formula is C30H33F2N3O7. The average Bonchev–Trinajstić information content (AvgIpc) is 3.66. The molecule has 224 valence electrons. The van der Waals surface area contributed by atoms with Crippen molar-refractivity contribution in [1.82, 2.24) is 10.2 Å². The molecule has 1 saturated heterocycles. The van der Waals surface area contributed by atoms with Gasteiger partial charge in [0.05, 0.1) is 7.11 Å². The highest BCUT2D eigenvalue weighted by Crippen LogP contribution is 2.25. The number of hydrogen-bond acceptors (Lipinski definition) is 7. The first-order valence-corrected chi connectivity index (χ1v) is 13.6. The van der Waals surface area contributed by atoms with E-state index in [-0.39, 0.29) is 17.4 Å². The second-order valence-corrected chi connectivity index (χ2v) is 10.0. The van der Waals surface area contributed by atoms with Gasteiger partial charge < -0.3 is 19.7 Å². The van der Waals surface area contributed by atoms with Crippen LogP contribution in [0.4, 0.5) is 8.78 Å². The highest BCUT2D eigenvalue weighted by Gasteiger charge is 2.34. The molecule has 1 saturated carbocycles.